The Morgan fingerprint density at radius 2 is 1.93 bits per heavy atom. The molecule has 0 bridgehead atoms. The second-order valence-electron chi connectivity index (χ2n) is 11.0. The van der Waals surface area contributed by atoms with Gasteiger partial charge in [0.25, 0.3) is 11.8 Å². The number of nitrogens with one attached hydrogen (secondary N) is 1. The number of aromatic nitrogens is 3. The number of aliphatic hydroxyl groups excluding tert-OH is 1. The summed E-state index contributed by atoms with van der Waals surface area (Å²) in [5.74, 6) is -1.09. The van der Waals surface area contributed by atoms with Gasteiger partial charge in [-0.3, -0.25) is 9.59 Å². The molecule has 2 amide bonds. The van der Waals surface area contributed by atoms with Crippen molar-refractivity contribution in [1.29, 1.82) is 0 Å². The number of hydrogen-bond acceptors (Lipinski definition) is 8. The Balaban J connectivity index is 1.22. The molecule has 1 saturated carbocycles. The topological polar surface area (TPSA) is 117 Å². The van der Waals surface area contributed by atoms with E-state index in [0.717, 1.165) is 30.8 Å². The van der Waals surface area contributed by atoms with Crippen molar-refractivity contribution in [3.05, 3.63) is 57.6 Å². The Bertz CT molecular complexity index is 1630. The number of likely N-dealkylation sites (tertiary alicyclic amines) is 2. The van der Waals surface area contributed by atoms with Gasteiger partial charge in [-0.2, -0.15) is 0 Å². The number of carbonyl (C=O) groups is 2. The molecule has 0 radical (unpaired) electrons. The number of thiophene rings is 1. The number of amides is 2. The zero-order valence-corrected chi connectivity index (χ0v) is 23.6. The molecule has 2 aliphatic heterocycles. The average molecular weight is 599 g/mol. The van der Waals surface area contributed by atoms with Gasteiger partial charge in [-0.25, -0.2) is 9.37 Å². The molecule has 10 nitrogen and oxygen atoms in total. The van der Waals surface area contributed by atoms with Crippen molar-refractivity contribution in [2.24, 2.45) is 0 Å². The molecule has 2 N–H and O–H groups in total. The zero-order valence-electron chi connectivity index (χ0n) is 22.1. The number of piperidine rings is 1. The smallest absolute Gasteiger partial charge is 0.287 e. The van der Waals surface area contributed by atoms with Crippen LogP contribution in [0.5, 0.6) is 0 Å². The second-order valence-corrected chi connectivity index (χ2v) is 12.7. The maximum absolute atomic E-state index is 15.1. The van der Waals surface area contributed by atoms with E-state index in [0.29, 0.717) is 27.3 Å². The van der Waals surface area contributed by atoms with Crippen molar-refractivity contribution in [2.75, 3.05) is 26.2 Å². The van der Waals surface area contributed by atoms with E-state index in [1.54, 1.807) is 16.7 Å². The van der Waals surface area contributed by atoms with Gasteiger partial charge in [-0.1, -0.05) is 16.8 Å². The first-order valence-corrected chi connectivity index (χ1v) is 15.0. The van der Waals surface area contributed by atoms with Crippen LogP contribution in [0, 0.1) is 5.82 Å². The predicted molar refractivity (Wildman–Crippen MR) is 151 cm³/mol. The van der Waals surface area contributed by atoms with E-state index < -0.39 is 23.7 Å². The monoisotopic (exact) mass is 598 g/mol. The van der Waals surface area contributed by atoms with E-state index in [-0.39, 0.29) is 42.6 Å². The highest BCUT2D eigenvalue weighted by Crippen LogP contribution is 2.33. The van der Waals surface area contributed by atoms with Crippen LogP contribution < -0.4 is 5.32 Å². The number of imidazole rings is 1. The SMILES string of the molecule is O=C(NC1CCN(C2CC2)CC1)c1nc2c(C(=O)N3CC(O)C3)c(F)ccc2n1Cc1cc(-c2ccc(Cl)s2)on1. The summed E-state index contributed by atoms with van der Waals surface area (Å²) >= 11 is 7.44. The summed E-state index contributed by atoms with van der Waals surface area (Å²) in [5, 5.41) is 17.0. The first-order valence-electron chi connectivity index (χ1n) is 13.8. The van der Waals surface area contributed by atoms with Crippen molar-refractivity contribution in [3.8, 4) is 10.6 Å². The Morgan fingerprint density at radius 3 is 2.61 bits per heavy atom. The van der Waals surface area contributed by atoms with Crippen molar-refractivity contribution >= 4 is 45.8 Å². The first-order chi connectivity index (χ1) is 19.8. The molecule has 5 heterocycles. The lowest BCUT2D eigenvalue weighted by atomic mass is 10.0. The molecule has 7 rings (SSSR count). The fraction of sp³-hybridized carbons (Fsp3) is 0.429. The lowest BCUT2D eigenvalue weighted by Crippen LogP contribution is -2.53. The van der Waals surface area contributed by atoms with Crippen molar-refractivity contribution < 1.29 is 23.6 Å². The minimum Gasteiger partial charge on any atom is -0.389 e. The standard InChI is InChI=1S/C28H28ClFN6O4S/c29-23-6-5-22(41-23)21-11-16(33-40-21)12-36-20-4-3-19(30)24(28(39)35-13-18(37)14-35)25(20)32-26(36)27(38)31-15-7-9-34(10-8-15)17-1-2-17/h3-6,11,15,17-18,37H,1-2,7-10,12-14H2,(H,31,38). The van der Waals surface area contributed by atoms with E-state index in [2.05, 4.69) is 20.4 Å². The van der Waals surface area contributed by atoms with E-state index in [4.69, 9.17) is 16.1 Å². The Hall–Kier alpha value is -3.32. The number of β-amino-alcohol motifs (C(OH)–C–C–N with tert-alkyl or cyclic N) is 1. The molecule has 41 heavy (non-hydrogen) atoms. The van der Waals surface area contributed by atoms with E-state index in [1.165, 1.54) is 41.2 Å². The molecule has 1 aromatic carbocycles. The van der Waals surface area contributed by atoms with Gasteiger partial charge >= 0.3 is 0 Å². The van der Waals surface area contributed by atoms with Gasteiger partial charge in [-0.05, 0) is 49.9 Å². The van der Waals surface area contributed by atoms with Crippen molar-refractivity contribution in [1.82, 2.24) is 29.8 Å². The van der Waals surface area contributed by atoms with Crippen LogP contribution in [0.3, 0.4) is 0 Å². The molecule has 3 aliphatic rings. The van der Waals surface area contributed by atoms with Crippen LogP contribution in [-0.4, -0.2) is 85.8 Å². The number of aliphatic hydroxyl groups is 1. The van der Waals surface area contributed by atoms with Gasteiger partial charge < -0.3 is 29.3 Å². The lowest BCUT2D eigenvalue weighted by molar-refractivity contribution is 0.00572. The minimum absolute atomic E-state index is 0.00611. The molecule has 0 atom stereocenters. The maximum atomic E-state index is 15.1. The molecule has 1 aliphatic carbocycles. The van der Waals surface area contributed by atoms with Gasteiger partial charge in [0.1, 0.15) is 22.6 Å². The quantitative estimate of drug-likeness (QED) is 0.333. The van der Waals surface area contributed by atoms with Crippen molar-refractivity contribution in [3.63, 3.8) is 0 Å². The van der Waals surface area contributed by atoms with Crippen LogP contribution in [-0.2, 0) is 6.54 Å². The highest BCUT2D eigenvalue weighted by Gasteiger charge is 2.35. The summed E-state index contributed by atoms with van der Waals surface area (Å²) in [6.45, 7) is 2.23. The number of halogens is 2. The van der Waals surface area contributed by atoms with Gasteiger partial charge in [0.05, 0.1) is 27.4 Å². The number of benzene rings is 1. The molecule has 2 saturated heterocycles. The van der Waals surface area contributed by atoms with Gasteiger partial charge in [0.15, 0.2) is 11.6 Å². The minimum atomic E-state index is -0.730. The van der Waals surface area contributed by atoms with E-state index in [9.17, 15) is 14.7 Å². The molecule has 13 heteroatoms. The molecular formula is C28H28ClFN6O4S. The Kier molecular flexibility index (Phi) is 6.81. The summed E-state index contributed by atoms with van der Waals surface area (Å²) in [4.78, 5) is 36.1. The molecule has 0 unspecified atom stereocenters. The predicted octanol–water partition coefficient (Wildman–Crippen LogP) is 3.77. The van der Waals surface area contributed by atoms with Crippen LogP contribution >= 0.6 is 22.9 Å². The fourth-order valence-corrected chi connectivity index (χ4v) is 6.68. The summed E-state index contributed by atoms with van der Waals surface area (Å²) in [6.07, 6.45) is 3.55. The number of hydrogen-bond donors (Lipinski definition) is 2. The molecule has 4 aromatic rings. The summed E-state index contributed by atoms with van der Waals surface area (Å²) in [5.41, 5.74) is 0.833. The summed E-state index contributed by atoms with van der Waals surface area (Å²) in [6, 6.07) is 8.78. The number of rotatable bonds is 7. The van der Waals surface area contributed by atoms with E-state index >= 15 is 4.39 Å². The maximum Gasteiger partial charge on any atom is 0.287 e. The highest BCUT2D eigenvalue weighted by atomic mass is 35.5. The Morgan fingerprint density at radius 1 is 1.15 bits per heavy atom. The van der Waals surface area contributed by atoms with Crippen LogP contribution in [0.15, 0.2) is 34.9 Å². The molecule has 214 valence electrons. The Labute approximate surface area is 243 Å². The van der Waals surface area contributed by atoms with Gasteiger partial charge in [-0.15, -0.1) is 11.3 Å². The third kappa shape index (κ3) is 5.14. The zero-order chi connectivity index (χ0) is 28.2. The first kappa shape index (κ1) is 26.6. The number of carbonyl (C=O) groups excluding carboxylic acids is 2. The van der Waals surface area contributed by atoms with Crippen LogP contribution in [0.1, 0.15) is 52.4 Å². The summed E-state index contributed by atoms with van der Waals surface area (Å²) < 4.78 is 22.9. The number of fused-ring (bicyclic) bond motifs is 1. The van der Waals surface area contributed by atoms with Crippen LogP contribution in [0.2, 0.25) is 4.34 Å². The largest absolute Gasteiger partial charge is 0.389 e. The molecular weight excluding hydrogens is 571 g/mol. The molecule has 3 aromatic heterocycles. The third-order valence-corrected chi connectivity index (χ3v) is 9.31. The van der Waals surface area contributed by atoms with Crippen LogP contribution in [0.4, 0.5) is 4.39 Å². The number of nitrogens with zero attached hydrogens (tertiary/aromatic N) is 5. The second kappa shape index (κ2) is 10.5. The van der Waals surface area contributed by atoms with Gasteiger partial charge in [0.2, 0.25) is 0 Å². The highest BCUT2D eigenvalue weighted by molar-refractivity contribution is 7.19. The molecule has 3 fully saturated rings. The molecule has 0 spiro atoms. The van der Waals surface area contributed by atoms with Gasteiger partial charge in [0, 0.05) is 44.3 Å². The summed E-state index contributed by atoms with van der Waals surface area (Å²) in [7, 11) is 0. The van der Waals surface area contributed by atoms with E-state index in [1.807, 2.05) is 6.07 Å². The fourth-order valence-electron chi connectivity index (χ4n) is 5.69. The normalized spacial score (nSPS) is 18.7. The lowest BCUT2D eigenvalue weighted by Gasteiger charge is -2.35. The third-order valence-electron chi connectivity index (χ3n) is 8.06. The van der Waals surface area contributed by atoms with Crippen LogP contribution in [0.25, 0.3) is 21.7 Å². The average Bonchev–Trinajstić information content (AvgIpc) is 3.35. The van der Waals surface area contributed by atoms with Crippen molar-refractivity contribution in [2.45, 2.75) is 50.4 Å².